The summed E-state index contributed by atoms with van der Waals surface area (Å²) in [6.07, 6.45) is 5.58. The Morgan fingerprint density at radius 2 is 2.20 bits per heavy atom. The van der Waals surface area contributed by atoms with Gasteiger partial charge in [-0.3, -0.25) is 4.90 Å². The van der Waals surface area contributed by atoms with E-state index in [2.05, 4.69) is 31.0 Å². The second-order valence-electron chi connectivity index (χ2n) is 6.25. The van der Waals surface area contributed by atoms with Crippen molar-refractivity contribution in [2.75, 3.05) is 33.4 Å². The molecule has 4 nitrogen and oxygen atoms in total. The number of rotatable bonds is 10. The molecule has 20 heavy (non-hydrogen) atoms. The number of methoxy groups -OCH3 is 1. The number of aliphatic hydroxyl groups excluding tert-OH is 1. The fourth-order valence-electron chi connectivity index (χ4n) is 3.33. The molecular formula is C16H34N2O2. The van der Waals surface area contributed by atoms with Crippen LogP contribution in [-0.4, -0.2) is 61.0 Å². The van der Waals surface area contributed by atoms with E-state index < -0.39 is 0 Å². The van der Waals surface area contributed by atoms with Crippen LogP contribution in [0.1, 0.15) is 52.9 Å². The number of ether oxygens (including phenoxy) is 1. The van der Waals surface area contributed by atoms with Crippen LogP contribution in [0.2, 0.25) is 0 Å². The highest BCUT2D eigenvalue weighted by Gasteiger charge is 2.41. The fourth-order valence-corrected chi connectivity index (χ4v) is 3.33. The Balaban J connectivity index is 2.64. The first-order chi connectivity index (χ1) is 9.62. The summed E-state index contributed by atoms with van der Waals surface area (Å²) in [5.74, 6) is 0. The molecule has 120 valence electrons. The fraction of sp³-hybridized carbons (Fsp3) is 1.00. The molecule has 0 aliphatic heterocycles. The molecule has 0 amide bonds. The number of nitrogens with zero attached hydrogens (tertiary/aromatic N) is 1. The maximum absolute atomic E-state index is 9.81. The van der Waals surface area contributed by atoms with Gasteiger partial charge in [-0.2, -0.15) is 0 Å². The van der Waals surface area contributed by atoms with Crippen LogP contribution in [-0.2, 0) is 4.74 Å². The molecule has 0 aromatic heterocycles. The van der Waals surface area contributed by atoms with Gasteiger partial charge in [-0.1, -0.05) is 13.8 Å². The molecule has 1 fully saturated rings. The lowest BCUT2D eigenvalue weighted by atomic mass is 9.97. The number of hydrogen-bond donors (Lipinski definition) is 2. The molecule has 0 bridgehead atoms. The summed E-state index contributed by atoms with van der Waals surface area (Å²) in [6, 6.07) is 1.15. The van der Waals surface area contributed by atoms with E-state index in [9.17, 15) is 5.11 Å². The largest absolute Gasteiger partial charge is 0.394 e. The monoisotopic (exact) mass is 286 g/mol. The van der Waals surface area contributed by atoms with Crippen LogP contribution in [0.3, 0.4) is 0 Å². The van der Waals surface area contributed by atoms with E-state index in [4.69, 9.17) is 4.74 Å². The van der Waals surface area contributed by atoms with Crippen LogP contribution >= 0.6 is 0 Å². The second kappa shape index (κ2) is 8.98. The molecule has 4 heteroatoms. The van der Waals surface area contributed by atoms with Gasteiger partial charge in [0.25, 0.3) is 0 Å². The number of hydrogen-bond acceptors (Lipinski definition) is 4. The van der Waals surface area contributed by atoms with E-state index in [-0.39, 0.29) is 12.1 Å². The van der Waals surface area contributed by atoms with Crippen molar-refractivity contribution in [3.05, 3.63) is 0 Å². The minimum absolute atomic E-state index is 0.0561. The molecular weight excluding hydrogens is 252 g/mol. The van der Waals surface area contributed by atoms with Crippen molar-refractivity contribution in [1.29, 1.82) is 0 Å². The quantitative estimate of drug-likeness (QED) is 0.645. The SMILES string of the molecule is CCCNC1(CO)CCC(N(CCOC)C(C)CC)C1. The van der Waals surface area contributed by atoms with E-state index >= 15 is 0 Å². The predicted molar refractivity (Wildman–Crippen MR) is 84.1 cm³/mol. The zero-order chi connectivity index (χ0) is 15.0. The Bertz CT molecular complexity index is 263. The molecule has 0 heterocycles. The predicted octanol–water partition coefficient (Wildman–Crippen LogP) is 2.02. The Hall–Kier alpha value is -0.160. The minimum Gasteiger partial charge on any atom is -0.394 e. The summed E-state index contributed by atoms with van der Waals surface area (Å²) >= 11 is 0. The lowest BCUT2D eigenvalue weighted by Gasteiger charge is -2.36. The summed E-state index contributed by atoms with van der Waals surface area (Å²) in [4.78, 5) is 2.58. The lowest BCUT2D eigenvalue weighted by Crippen LogP contribution is -2.49. The van der Waals surface area contributed by atoms with Gasteiger partial charge >= 0.3 is 0 Å². The molecule has 3 unspecified atom stereocenters. The summed E-state index contributed by atoms with van der Waals surface area (Å²) in [6.45, 7) is 9.74. The van der Waals surface area contributed by atoms with Gasteiger partial charge in [-0.05, 0) is 45.6 Å². The van der Waals surface area contributed by atoms with E-state index in [0.717, 1.165) is 45.4 Å². The van der Waals surface area contributed by atoms with Gasteiger partial charge in [0.05, 0.1) is 13.2 Å². The second-order valence-corrected chi connectivity index (χ2v) is 6.25. The summed E-state index contributed by atoms with van der Waals surface area (Å²) < 4.78 is 5.26. The van der Waals surface area contributed by atoms with Crippen molar-refractivity contribution in [2.24, 2.45) is 0 Å². The molecule has 2 N–H and O–H groups in total. The lowest BCUT2D eigenvalue weighted by molar-refractivity contribution is 0.0809. The van der Waals surface area contributed by atoms with Crippen LogP contribution < -0.4 is 5.32 Å². The van der Waals surface area contributed by atoms with Crippen molar-refractivity contribution in [2.45, 2.75) is 70.5 Å². The van der Waals surface area contributed by atoms with Gasteiger partial charge in [0.2, 0.25) is 0 Å². The maximum Gasteiger partial charge on any atom is 0.0613 e. The normalized spacial score (nSPS) is 28.2. The maximum atomic E-state index is 9.81. The Labute approximate surface area is 124 Å². The van der Waals surface area contributed by atoms with E-state index in [1.165, 1.54) is 6.42 Å². The van der Waals surface area contributed by atoms with Crippen molar-refractivity contribution >= 4 is 0 Å². The van der Waals surface area contributed by atoms with Gasteiger partial charge in [-0.15, -0.1) is 0 Å². The van der Waals surface area contributed by atoms with Gasteiger partial charge < -0.3 is 15.2 Å². The van der Waals surface area contributed by atoms with Crippen LogP contribution in [0.5, 0.6) is 0 Å². The van der Waals surface area contributed by atoms with Crippen LogP contribution in [0.4, 0.5) is 0 Å². The smallest absolute Gasteiger partial charge is 0.0613 e. The number of nitrogens with one attached hydrogen (secondary N) is 1. The minimum atomic E-state index is -0.0561. The van der Waals surface area contributed by atoms with Crippen LogP contribution in [0.25, 0.3) is 0 Å². The average molecular weight is 286 g/mol. The zero-order valence-corrected chi connectivity index (χ0v) is 13.8. The van der Waals surface area contributed by atoms with E-state index in [0.29, 0.717) is 12.1 Å². The highest BCUT2D eigenvalue weighted by atomic mass is 16.5. The highest BCUT2D eigenvalue weighted by molar-refractivity contribution is 5.00. The molecule has 1 rings (SSSR count). The van der Waals surface area contributed by atoms with Gasteiger partial charge in [0.1, 0.15) is 0 Å². The highest BCUT2D eigenvalue weighted by Crippen LogP contribution is 2.34. The first-order valence-electron chi connectivity index (χ1n) is 8.23. The van der Waals surface area contributed by atoms with Crippen molar-refractivity contribution in [3.8, 4) is 0 Å². The van der Waals surface area contributed by atoms with Crippen LogP contribution in [0, 0.1) is 0 Å². The molecule has 0 aromatic rings. The van der Waals surface area contributed by atoms with E-state index in [1.807, 2.05) is 0 Å². The third-order valence-electron chi connectivity index (χ3n) is 4.81. The van der Waals surface area contributed by atoms with Gasteiger partial charge in [0, 0.05) is 31.3 Å². The molecule has 0 radical (unpaired) electrons. The summed E-state index contributed by atoms with van der Waals surface area (Å²) in [5, 5.41) is 13.4. The Kier molecular flexibility index (Phi) is 8.03. The van der Waals surface area contributed by atoms with Gasteiger partial charge in [0.15, 0.2) is 0 Å². The first-order valence-corrected chi connectivity index (χ1v) is 8.23. The Morgan fingerprint density at radius 1 is 1.45 bits per heavy atom. The molecule has 1 aliphatic rings. The molecule has 0 spiro atoms. The van der Waals surface area contributed by atoms with Crippen LogP contribution in [0.15, 0.2) is 0 Å². The van der Waals surface area contributed by atoms with Gasteiger partial charge in [-0.25, -0.2) is 0 Å². The molecule has 1 aliphatic carbocycles. The van der Waals surface area contributed by atoms with Crippen molar-refractivity contribution in [1.82, 2.24) is 10.2 Å². The van der Waals surface area contributed by atoms with Crippen molar-refractivity contribution < 1.29 is 9.84 Å². The van der Waals surface area contributed by atoms with E-state index in [1.54, 1.807) is 7.11 Å². The Morgan fingerprint density at radius 3 is 2.75 bits per heavy atom. The topological polar surface area (TPSA) is 44.7 Å². The molecule has 0 saturated heterocycles. The third-order valence-corrected chi connectivity index (χ3v) is 4.81. The standard InChI is InChI=1S/C16H34N2O2/c1-5-9-17-16(13-19)8-7-15(12-16)18(10-11-20-4)14(3)6-2/h14-15,17,19H,5-13H2,1-4H3. The summed E-state index contributed by atoms with van der Waals surface area (Å²) in [5.41, 5.74) is -0.0561. The average Bonchev–Trinajstić information content (AvgIpc) is 2.90. The number of aliphatic hydroxyl groups is 1. The third kappa shape index (κ3) is 4.69. The zero-order valence-electron chi connectivity index (χ0n) is 13.8. The molecule has 3 atom stereocenters. The first kappa shape index (κ1) is 17.9. The summed E-state index contributed by atoms with van der Waals surface area (Å²) in [7, 11) is 1.77. The van der Waals surface area contributed by atoms with Crippen molar-refractivity contribution in [3.63, 3.8) is 0 Å². The molecule has 1 saturated carbocycles. The molecule has 0 aromatic carbocycles.